The minimum absolute atomic E-state index is 0. The molecule has 0 bridgehead atoms. The number of rotatable bonds is 3. The Morgan fingerprint density at radius 2 is 2.00 bits per heavy atom. The molecule has 0 aromatic carbocycles. The van der Waals surface area contributed by atoms with Crippen molar-refractivity contribution in [2.45, 2.75) is 45.2 Å². The van der Waals surface area contributed by atoms with Crippen LogP contribution in [0, 0.1) is 6.92 Å². The van der Waals surface area contributed by atoms with Gasteiger partial charge in [-0.3, -0.25) is 4.68 Å². The van der Waals surface area contributed by atoms with E-state index < -0.39 is 0 Å². The number of likely N-dealkylation sites (tertiary alicyclic amines) is 1. The first-order valence-electron chi connectivity index (χ1n) is 6.47. The molecule has 1 saturated heterocycles. The van der Waals surface area contributed by atoms with Gasteiger partial charge >= 0.3 is 0 Å². The largest absolute Gasteiger partial charge is 0.324 e. The maximum absolute atomic E-state index is 6.06. The Kier molecular flexibility index (Phi) is 5.20. The van der Waals surface area contributed by atoms with E-state index in [9.17, 15) is 0 Å². The number of piperidine rings is 1. The summed E-state index contributed by atoms with van der Waals surface area (Å²) in [6.07, 6.45) is 4.46. The highest BCUT2D eigenvalue weighted by Crippen LogP contribution is 2.22. The van der Waals surface area contributed by atoms with E-state index in [1.807, 2.05) is 6.92 Å². The van der Waals surface area contributed by atoms with Crippen molar-refractivity contribution in [2.24, 2.45) is 5.73 Å². The van der Waals surface area contributed by atoms with E-state index in [1.54, 1.807) is 0 Å². The second kappa shape index (κ2) is 6.04. The normalized spacial score (nSPS) is 18.7. The van der Waals surface area contributed by atoms with Gasteiger partial charge in [0.2, 0.25) is 0 Å². The summed E-state index contributed by atoms with van der Waals surface area (Å²) in [4.78, 5) is 2.47. The van der Waals surface area contributed by atoms with Crippen molar-refractivity contribution >= 4 is 12.4 Å². The van der Waals surface area contributed by atoms with Crippen LogP contribution in [0.15, 0.2) is 12.3 Å². The third-order valence-corrected chi connectivity index (χ3v) is 3.30. The minimum Gasteiger partial charge on any atom is -0.324 e. The fourth-order valence-electron chi connectivity index (χ4n) is 2.55. The molecule has 4 nitrogen and oxygen atoms in total. The Labute approximate surface area is 116 Å². The number of nitrogens with zero attached hydrogens (tertiary/aromatic N) is 3. The fraction of sp³-hybridized carbons (Fsp3) is 0.769. The van der Waals surface area contributed by atoms with Crippen molar-refractivity contribution < 1.29 is 0 Å². The average Bonchev–Trinajstić information content (AvgIpc) is 2.63. The van der Waals surface area contributed by atoms with Gasteiger partial charge in [-0.05, 0) is 39.7 Å². The second-order valence-electron chi connectivity index (χ2n) is 5.93. The van der Waals surface area contributed by atoms with Crippen LogP contribution in [0.1, 0.15) is 38.4 Å². The molecule has 0 saturated carbocycles. The molecule has 1 aliphatic heterocycles. The molecule has 0 unspecified atom stereocenters. The summed E-state index contributed by atoms with van der Waals surface area (Å²) >= 11 is 0. The van der Waals surface area contributed by atoms with Gasteiger partial charge in [0, 0.05) is 31.4 Å². The standard InChI is InChI=1S/C13H24N4.ClH/c1-11-4-9-17(15-11)12-5-7-16(8-6-12)10-13(2,3)14;/h4,9,12H,5-8,10,14H2,1-3H3;1H. The van der Waals surface area contributed by atoms with Crippen LogP contribution in [0.5, 0.6) is 0 Å². The van der Waals surface area contributed by atoms with E-state index in [-0.39, 0.29) is 17.9 Å². The summed E-state index contributed by atoms with van der Waals surface area (Å²) in [7, 11) is 0. The summed E-state index contributed by atoms with van der Waals surface area (Å²) in [5, 5.41) is 4.51. The molecule has 0 radical (unpaired) electrons. The van der Waals surface area contributed by atoms with Gasteiger partial charge in [0.1, 0.15) is 0 Å². The molecule has 18 heavy (non-hydrogen) atoms. The lowest BCUT2D eigenvalue weighted by Crippen LogP contribution is -2.48. The molecule has 0 atom stereocenters. The van der Waals surface area contributed by atoms with Gasteiger partial charge in [-0.25, -0.2) is 0 Å². The topological polar surface area (TPSA) is 47.1 Å². The van der Waals surface area contributed by atoms with Crippen LogP contribution in [-0.2, 0) is 0 Å². The molecule has 1 aromatic heterocycles. The van der Waals surface area contributed by atoms with Crippen LogP contribution in [0.3, 0.4) is 0 Å². The zero-order chi connectivity index (χ0) is 12.5. The quantitative estimate of drug-likeness (QED) is 0.915. The first kappa shape index (κ1) is 15.5. The lowest BCUT2D eigenvalue weighted by molar-refractivity contribution is 0.155. The van der Waals surface area contributed by atoms with Crippen LogP contribution in [0.4, 0.5) is 0 Å². The maximum Gasteiger partial charge on any atom is 0.0593 e. The van der Waals surface area contributed by atoms with Crippen molar-refractivity contribution in [2.75, 3.05) is 19.6 Å². The SMILES string of the molecule is Cc1ccn(C2CCN(CC(C)(C)N)CC2)n1.Cl. The molecule has 1 aromatic rings. The molecule has 104 valence electrons. The lowest BCUT2D eigenvalue weighted by atomic mass is 10.0. The molecule has 2 rings (SSSR count). The van der Waals surface area contributed by atoms with Gasteiger partial charge in [0.15, 0.2) is 0 Å². The van der Waals surface area contributed by atoms with Gasteiger partial charge in [-0.15, -0.1) is 12.4 Å². The van der Waals surface area contributed by atoms with Crippen molar-refractivity contribution in [1.29, 1.82) is 0 Å². The molecule has 5 heteroatoms. The zero-order valence-electron chi connectivity index (χ0n) is 11.6. The molecule has 2 N–H and O–H groups in total. The average molecular weight is 273 g/mol. The van der Waals surface area contributed by atoms with Crippen LogP contribution in [0.2, 0.25) is 0 Å². The zero-order valence-corrected chi connectivity index (χ0v) is 12.4. The summed E-state index contributed by atoms with van der Waals surface area (Å²) in [6, 6.07) is 2.65. The van der Waals surface area contributed by atoms with Crippen molar-refractivity contribution in [3.63, 3.8) is 0 Å². The molecule has 1 fully saturated rings. The lowest BCUT2D eigenvalue weighted by Gasteiger charge is -2.35. The Morgan fingerprint density at radius 1 is 1.39 bits per heavy atom. The van der Waals surface area contributed by atoms with E-state index in [4.69, 9.17) is 5.73 Å². The van der Waals surface area contributed by atoms with Gasteiger partial charge in [-0.1, -0.05) is 0 Å². The highest BCUT2D eigenvalue weighted by atomic mass is 35.5. The Balaban J connectivity index is 0.00000162. The van der Waals surface area contributed by atoms with Crippen LogP contribution < -0.4 is 5.73 Å². The summed E-state index contributed by atoms with van der Waals surface area (Å²) < 4.78 is 2.13. The van der Waals surface area contributed by atoms with Crippen molar-refractivity contribution in [3.05, 3.63) is 18.0 Å². The third-order valence-electron chi connectivity index (χ3n) is 3.30. The van der Waals surface area contributed by atoms with Gasteiger partial charge in [0.25, 0.3) is 0 Å². The summed E-state index contributed by atoms with van der Waals surface area (Å²) in [5.74, 6) is 0. The predicted octanol–water partition coefficient (Wildman–Crippen LogP) is 1.99. The van der Waals surface area contributed by atoms with E-state index >= 15 is 0 Å². The number of aromatic nitrogens is 2. The first-order chi connectivity index (χ1) is 7.94. The molecule has 0 amide bonds. The summed E-state index contributed by atoms with van der Waals surface area (Å²) in [6.45, 7) is 9.47. The molecule has 1 aliphatic rings. The Morgan fingerprint density at radius 3 is 2.44 bits per heavy atom. The van der Waals surface area contributed by atoms with Gasteiger partial charge in [0.05, 0.1) is 11.7 Å². The molecule has 2 heterocycles. The first-order valence-corrected chi connectivity index (χ1v) is 6.47. The Bertz CT molecular complexity index is 361. The fourth-order valence-corrected chi connectivity index (χ4v) is 2.55. The maximum atomic E-state index is 6.06. The van der Waals surface area contributed by atoms with Crippen molar-refractivity contribution in [3.8, 4) is 0 Å². The third kappa shape index (κ3) is 4.26. The number of hydrogen-bond donors (Lipinski definition) is 1. The molecule has 0 spiro atoms. The highest BCUT2D eigenvalue weighted by molar-refractivity contribution is 5.85. The van der Waals surface area contributed by atoms with E-state index in [2.05, 4.69) is 40.8 Å². The van der Waals surface area contributed by atoms with Crippen molar-refractivity contribution in [1.82, 2.24) is 14.7 Å². The predicted molar refractivity (Wildman–Crippen MR) is 77.2 cm³/mol. The highest BCUT2D eigenvalue weighted by Gasteiger charge is 2.24. The van der Waals surface area contributed by atoms with E-state index in [0.29, 0.717) is 6.04 Å². The van der Waals surface area contributed by atoms with Crippen LogP contribution >= 0.6 is 12.4 Å². The number of aryl methyl sites for hydroxylation is 1. The summed E-state index contributed by atoms with van der Waals surface area (Å²) in [5.41, 5.74) is 7.07. The van der Waals surface area contributed by atoms with Gasteiger partial charge < -0.3 is 10.6 Å². The number of halogens is 1. The monoisotopic (exact) mass is 272 g/mol. The second-order valence-corrected chi connectivity index (χ2v) is 5.93. The van der Waals surface area contributed by atoms with Crippen LogP contribution in [0.25, 0.3) is 0 Å². The van der Waals surface area contributed by atoms with Crippen LogP contribution in [-0.4, -0.2) is 39.9 Å². The smallest absolute Gasteiger partial charge is 0.0593 e. The van der Waals surface area contributed by atoms with E-state index in [0.717, 1.165) is 25.3 Å². The minimum atomic E-state index is -0.0882. The molecular formula is C13H25ClN4. The van der Waals surface area contributed by atoms with Gasteiger partial charge in [-0.2, -0.15) is 5.10 Å². The van der Waals surface area contributed by atoms with E-state index in [1.165, 1.54) is 12.8 Å². The Hall–Kier alpha value is -0.580. The number of nitrogens with two attached hydrogens (primary N) is 1. The molecule has 0 aliphatic carbocycles. The number of hydrogen-bond acceptors (Lipinski definition) is 3. The molecular weight excluding hydrogens is 248 g/mol.